The van der Waals surface area contributed by atoms with Crippen LogP contribution in [0.25, 0.3) is 10.1 Å². The number of amides is 1. The van der Waals surface area contributed by atoms with Gasteiger partial charge in [-0.05, 0) is 24.5 Å². The molecule has 0 aliphatic heterocycles. The van der Waals surface area contributed by atoms with Gasteiger partial charge in [0.1, 0.15) is 5.82 Å². The van der Waals surface area contributed by atoms with Crippen molar-refractivity contribution in [3.8, 4) is 0 Å². The van der Waals surface area contributed by atoms with E-state index in [0.717, 1.165) is 11.1 Å². The summed E-state index contributed by atoms with van der Waals surface area (Å²) in [5, 5.41) is 3.43. The van der Waals surface area contributed by atoms with Gasteiger partial charge < -0.3 is 15.8 Å². The number of fused-ring (bicyclic) bond motifs is 1. The summed E-state index contributed by atoms with van der Waals surface area (Å²) in [7, 11) is 1.54. The van der Waals surface area contributed by atoms with Gasteiger partial charge in [0.25, 0.3) is 5.91 Å². The molecule has 0 saturated carbocycles. The van der Waals surface area contributed by atoms with Crippen molar-refractivity contribution in [3.05, 3.63) is 34.5 Å². The molecule has 1 aromatic carbocycles. The highest BCUT2D eigenvalue weighted by Gasteiger charge is 2.22. The molecular formula is C17H23FN2O2S. The monoisotopic (exact) mass is 338 g/mol. The van der Waals surface area contributed by atoms with Crippen LogP contribution in [0, 0.1) is 11.7 Å². The van der Waals surface area contributed by atoms with Crippen molar-refractivity contribution in [2.24, 2.45) is 11.7 Å². The minimum absolute atomic E-state index is 0.0899. The van der Waals surface area contributed by atoms with Crippen LogP contribution in [0.5, 0.6) is 0 Å². The number of thiophene rings is 1. The average molecular weight is 338 g/mol. The second-order valence-corrected chi connectivity index (χ2v) is 7.04. The molecule has 0 fully saturated rings. The fourth-order valence-corrected chi connectivity index (χ4v) is 3.79. The number of halogens is 1. The third-order valence-corrected chi connectivity index (χ3v) is 4.83. The van der Waals surface area contributed by atoms with Crippen LogP contribution in [-0.4, -0.2) is 25.6 Å². The third kappa shape index (κ3) is 4.07. The maximum atomic E-state index is 14.1. The zero-order valence-corrected chi connectivity index (χ0v) is 14.5. The molecular weight excluding hydrogens is 315 g/mol. The van der Waals surface area contributed by atoms with Crippen LogP contribution in [0.2, 0.25) is 0 Å². The number of benzene rings is 1. The van der Waals surface area contributed by atoms with Gasteiger partial charge in [-0.2, -0.15) is 0 Å². The smallest absolute Gasteiger partial charge is 0.262 e. The predicted molar refractivity (Wildman–Crippen MR) is 92.3 cm³/mol. The van der Waals surface area contributed by atoms with Crippen molar-refractivity contribution in [2.45, 2.75) is 32.9 Å². The summed E-state index contributed by atoms with van der Waals surface area (Å²) in [6.07, 6.45) is 0.807. The van der Waals surface area contributed by atoms with Crippen molar-refractivity contribution in [3.63, 3.8) is 0 Å². The van der Waals surface area contributed by atoms with E-state index in [0.29, 0.717) is 28.3 Å². The number of hydrogen-bond acceptors (Lipinski definition) is 4. The Balaban J connectivity index is 2.36. The van der Waals surface area contributed by atoms with Crippen molar-refractivity contribution < 1.29 is 13.9 Å². The molecule has 0 aliphatic carbocycles. The predicted octanol–water partition coefficient (Wildman–Crippen LogP) is 3.29. The van der Waals surface area contributed by atoms with E-state index < -0.39 is 0 Å². The van der Waals surface area contributed by atoms with Crippen molar-refractivity contribution in [1.29, 1.82) is 0 Å². The topological polar surface area (TPSA) is 64.3 Å². The van der Waals surface area contributed by atoms with Gasteiger partial charge in [0.05, 0.1) is 11.5 Å². The number of carbonyl (C=O) groups excluding carboxylic acids is 1. The number of hydrogen-bond donors (Lipinski definition) is 2. The number of rotatable bonds is 7. The van der Waals surface area contributed by atoms with E-state index in [1.165, 1.54) is 24.5 Å². The molecule has 0 aliphatic rings. The zero-order chi connectivity index (χ0) is 17.0. The van der Waals surface area contributed by atoms with E-state index in [1.807, 2.05) is 6.07 Å². The first kappa shape index (κ1) is 17.8. The second kappa shape index (κ2) is 7.86. The Kier molecular flexibility index (Phi) is 6.10. The number of nitrogens with one attached hydrogen (secondary N) is 1. The Morgan fingerprint density at radius 3 is 2.78 bits per heavy atom. The molecule has 126 valence electrons. The van der Waals surface area contributed by atoms with Gasteiger partial charge in [-0.25, -0.2) is 4.39 Å². The van der Waals surface area contributed by atoms with Gasteiger partial charge in [-0.15, -0.1) is 11.3 Å². The van der Waals surface area contributed by atoms with E-state index >= 15 is 0 Å². The SMILES string of the molecule is COCc1c(C(=O)NC(CN)CC(C)C)sc2cccc(F)c12. The molecule has 2 rings (SSSR count). The van der Waals surface area contributed by atoms with Crippen LogP contribution in [0.4, 0.5) is 4.39 Å². The molecule has 2 aromatic rings. The number of ether oxygens (including phenoxy) is 1. The summed E-state index contributed by atoms with van der Waals surface area (Å²) >= 11 is 1.28. The first-order valence-electron chi connectivity index (χ1n) is 7.67. The van der Waals surface area contributed by atoms with E-state index in [4.69, 9.17) is 10.5 Å². The Hall–Kier alpha value is -1.50. The van der Waals surface area contributed by atoms with Gasteiger partial charge in [0.2, 0.25) is 0 Å². The molecule has 1 heterocycles. The molecule has 3 N–H and O–H groups in total. The Morgan fingerprint density at radius 1 is 1.43 bits per heavy atom. The van der Waals surface area contributed by atoms with Crippen molar-refractivity contribution >= 4 is 27.3 Å². The summed E-state index contributed by atoms with van der Waals surface area (Å²) in [5.74, 6) is -0.113. The summed E-state index contributed by atoms with van der Waals surface area (Å²) in [6.45, 7) is 4.74. The van der Waals surface area contributed by atoms with Crippen LogP contribution in [0.1, 0.15) is 35.5 Å². The minimum atomic E-state index is -0.331. The van der Waals surface area contributed by atoms with Gasteiger partial charge in [0.15, 0.2) is 0 Å². The first-order chi connectivity index (χ1) is 11.0. The normalized spacial score (nSPS) is 12.8. The average Bonchev–Trinajstić information content (AvgIpc) is 2.86. The second-order valence-electron chi connectivity index (χ2n) is 5.99. The lowest BCUT2D eigenvalue weighted by Crippen LogP contribution is -2.41. The molecule has 0 spiro atoms. The van der Waals surface area contributed by atoms with E-state index in [1.54, 1.807) is 6.07 Å². The van der Waals surface area contributed by atoms with Crippen LogP contribution in [-0.2, 0) is 11.3 Å². The highest BCUT2D eigenvalue weighted by molar-refractivity contribution is 7.21. The fraction of sp³-hybridized carbons (Fsp3) is 0.471. The number of nitrogens with two attached hydrogens (primary N) is 1. The zero-order valence-electron chi connectivity index (χ0n) is 13.7. The van der Waals surface area contributed by atoms with Crippen LogP contribution in [0.15, 0.2) is 18.2 Å². The van der Waals surface area contributed by atoms with Crippen molar-refractivity contribution in [2.75, 3.05) is 13.7 Å². The molecule has 0 bridgehead atoms. The molecule has 1 aromatic heterocycles. The quantitative estimate of drug-likeness (QED) is 0.814. The Morgan fingerprint density at radius 2 is 2.17 bits per heavy atom. The van der Waals surface area contributed by atoms with Crippen LogP contribution in [0.3, 0.4) is 0 Å². The maximum absolute atomic E-state index is 14.1. The summed E-state index contributed by atoms with van der Waals surface area (Å²) in [6, 6.07) is 4.77. The maximum Gasteiger partial charge on any atom is 0.262 e. The third-order valence-electron chi connectivity index (χ3n) is 3.63. The highest BCUT2D eigenvalue weighted by atomic mass is 32.1. The van der Waals surface area contributed by atoms with Gasteiger partial charge in [0, 0.05) is 35.3 Å². The molecule has 0 saturated heterocycles. The summed E-state index contributed by atoms with van der Waals surface area (Å²) < 4.78 is 20.1. The van der Waals surface area contributed by atoms with Crippen LogP contribution >= 0.6 is 11.3 Å². The summed E-state index contributed by atoms with van der Waals surface area (Å²) in [4.78, 5) is 13.1. The molecule has 6 heteroatoms. The highest BCUT2D eigenvalue weighted by Crippen LogP contribution is 2.33. The largest absolute Gasteiger partial charge is 0.380 e. The minimum Gasteiger partial charge on any atom is -0.380 e. The van der Waals surface area contributed by atoms with E-state index in [-0.39, 0.29) is 24.4 Å². The lowest BCUT2D eigenvalue weighted by molar-refractivity contribution is 0.0933. The molecule has 1 unspecified atom stereocenters. The number of carbonyl (C=O) groups is 1. The van der Waals surface area contributed by atoms with Gasteiger partial charge in [-0.3, -0.25) is 4.79 Å². The van der Waals surface area contributed by atoms with E-state index in [9.17, 15) is 9.18 Å². The fourth-order valence-electron chi connectivity index (χ4n) is 2.67. The van der Waals surface area contributed by atoms with Crippen molar-refractivity contribution in [1.82, 2.24) is 5.32 Å². The lowest BCUT2D eigenvalue weighted by Gasteiger charge is -2.18. The molecule has 1 amide bonds. The van der Waals surface area contributed by atoms with Gasteiger partial charge in [-0.1, -0.05) is 19.9 Å². The molecule has 1 atom stereocenters. The Labute approximate surface area is 139 Å². The number of methoxy groups -OCH3 is 1. The standard InChI is InChI=1S/C17H23FN2O2S/c1-10(2)7-11(8-19)20-17(21)16-12(9-22-3)15-13(18)5-4-6-14(15)23-16/h4-6,10-11H,7-9,19H2,1-3H3,(H,20,21). The molecule has 4 nitrogen and oxygen atoms in total. The van der Waals surface area contributed by atoms with E-state index in [2.05, 4.69) is 19.2 Å². The Bertz CT molecular complexity index is 685. The van der Waals surface area contributed by atoms with Crippen LogP contribution < -0.4 is 11.1 Å². The lowest BCUT2D eigenvalue weighted by atomic mass is 10.0. The van der Waals surface area contributed by atoms with Gasteiger partial charge >= 0.3 is 0 Å². The molecule has 0 radical (unpaired) electrons. The first-order valence-corrected chi connectivity index (χ1v) is 8.49. The summed E-state index contributed by atoms with van der Waals surface area (Å²) in [5.41, 5.74) is 6.35. The molecule has 23 heavy (non-hydrogen) atoms.